The predicted octanol–water partition coefficient (Wildman–Crippen LogP) is 2.32. The first-order valence-corrected chi connectivity index (χ1v) is 10.0. The molecule has 0 saturated carbocycles. The fraction of sp³-hybridized carbons (Fsp3) is 0.421. The molecule has 1 aliphatic rings. The van der Waals surface area contributed by atoms with Gasteiger partial charge in [0, 0.05) is 18.5 Å². The summed E-state index contributed by atoms with van der Waals surface area (Å²) in [6.07, 6.45) is 1.58. The quantitative estimate of drug-likeness (QED) is 0.742. The molecule has 27 heavy (non-hydrogen) atoms. The Bertz CT molecular complexity index is 759. The van der Waals surface area contributed by atoms with Crippen LogP contribution in [0.4, 0.5) is 5.13 Å². The van der Waals surface area contributed by atoms with Crippen LogP contribution in [0.15, 0.2) is 35.7 Å². The van der Waals surface area contributed by atoms with E-state index in [0.29, 0.717) is 25.3 Å². The Morgan fingerprint density at radius 2 is 1.96 bits per heavy atom. The number of aromatic nitrogens is 1. The monoisotopic (exact) mass is 388 g/mol. The first kappa shape index (κ1) is 19.3. The van der Waals surface area contributed by atoms with Gasteiger partial charge < -0.3 is 9.64 Å². The Morgan fingerprint density at radius 3 is 2.67 bits per heavy atom. The van der Waals surface area contributed by atoms with Crippen LogP contribution in [-0.2, 0) is 9.53 Å². The number of nitrogens with one attached hydrogen (secondary N) is 2. The number of carbonyl (C=O) groups is 2. The van der Waals surface area contributed by atoms with Gasteiger partial charge in [0.15, 0.2) is 5.13 Å². The van der Waals surface area contributed by atoms with Gasteiger partial charge >= 0.3 is 0 Å². The van der Waals surface area contributed by atoms with Crippen LogP contribution < -0.4 is 15.8 Å². The number of hydrogen-bond acceptors (Lipinski definition) is 6. The molecule has 1 atom stereocenters. The number of carbonyl (C=O) groups excluding carboxylic acids is 2. The first-order valence-electron chi connectivity index (χ1n) is 9.12. The number of ether oxygens (including phenoxy) is 1. The molecule has 2 aromatic rings. The predicted molar refractivity (Wildman–Crippen MR) is 105 cm³/mol. The van der Waals surface area contributed by atoms with E-state index in [-0.39, 0.29) is 11.8 Å². The molecule has 1 aromatic heterocycles. The van der Waals surface area contributed by atoms with Gasteiger partial charge in [0.25, 0.3) is 5.91 Å². The Balaban J connectivity index is 1.57. The molecule has 1 aliphatic heterocycles. The third kappa shape index (κ3) is 5.05. The molecule has 1 fully saturated rings. The lowest BCUT2D eigenvalue weighted by atomic mass is 9.94. The van der Waals surface area contributed by atoms with E-state index in [0.717, 1.165) is 30.2 Å². The smallest absolute Gasteiger partial charge is 0.289 e. The van der Waals surface area contributed by atoms with Crippen LogP contribution in [0, 0.1) is 0 Å². The van der Waals surface area contributed by atoms with Crippen molar-refractivity contribution in [3.05, 3.63) is 47.0 Å². The van der Waals surface area contributed by atoms with E-state index in [1.807, 2.05) is 37.3 Å². The van der Waals surface area contributed by atoms with Crippen LogP contribution in [0.2, 0.25) is 0 Å². The summed E-state index contributed by atoms with van der Waals surface area (Å²) < 4.78 is 5.33. The van der Waals surface area contributed by atoms with Crippen molar-refractivity contribution in [2.24, 2.45) is 0 Å². The fourth-order valence-corrected chi connectivity index (χ4v) is 3.82. The minimum Gasteiger partial charge on any atom is -0.378 e. The van der Waals surface area contributed by atoms with E-state index in [1.54, 1.807) is 5.38 Å². The summed E-state index contributed by atoms with van der Waals surface area (Å²) in [6.45, 7) is 4.89. The van der Waals surface area contributed by atoms with Crippen LogP contribution in [0.1, 0.15) is 41.7 Å². The van der Waals surface area contributed by atoms with Gasteiger partial charge in [-0.1, -0.05) is 43.7 Å². The van der Waals surface area contributed by atoms with E-state index in [9.17, 15) is 9.59 Å². The lowest BCUT2D eigenvalue weighted by Gasteiger charge is -2.25. The van der Waals surface area contributed by atoms with Crippen molar-refractivity contribution in [3.8, 4) is 0 Å². The molecular weight excluding hydrogens is 364 g/mol. The number of morpholine rings is 1. The molecule has 0 aliphatic carbocycles. The highest BCUT2D eigenvalue weighted by molar-refractivity contribution is 7.13. The van der Waals surface area contributed by atoms with Crippen LogP contribution in [0.5, 0.6) is 0 Å². The minimum atomic E-state index is -0.414. The molecule has 7 nitrogen and oxygen atoms in total. The number of benzene rings is 1. The SMILES string of the molecule is CCC[C@@H](C(=O)NNC(=O)c1csc(N2CCOCC2)n1)c1ccccc1. The van der Waals surface area contributed by atoms with Crippen molar-refractivity contribution in [2.75, 3.05) is 31.2 Å². The highest BCUT2D eigenvalue weighted by Crippen LogP contribution is 2.22. The van der Waals surface area contributed by atoms with E-state index < -0.39 is 5.91 Å². The van der Waals surface area contributed by atoms with E-state index >= 15 is 0 Å². The first-order chi connectivity index (χ1) is 13.2. The average molecular weight is 388 g/mol. The fourth-order valence-electron chi connectivity index (χ4n) is 2.96. The third-order valence-corrected chi connectivity index (χ3v) is 5.30. The van der Waals surface area contributed by atoms with Crippen molar-refractivity contribution >= 4 is 28.3 Å². The van der Waals surface area contributed by atoms with Crippen LogP contribution >= 0.6 is 11.3 Å². The zero-order valence-electron chi connectivity index (χ0n) is 15.3. The topological polar surface area (TPSA) is 83.6 Å². The Kier molecular flexibility index (Phi) is 6.78. The van der Waals surface area contributed by atoms with Gasteiger partial charge in [-0.15, -0.1) is 11.3 Å². The second-order valence-corrected chi connectivity index (χ2v) is 7.15. The Morgan fingerprint density at radius 1 is 1.22 bits per heavy atom. The summed E-state index contributed by atoms with van der Waals surface area (Å²) >= 11 is 1.42. The lowest BCUT2D eigenvalue weighted by molar-refractivity contribution is -0.123. The second kappa shape index (κ2) is 9.48. The molecule has 1 saturated heterocycles. The average Bonchev–Trinajstić information content (AvgIpc) is 3.22. The molecule has 0 spiro atoms. The number of amides is 2. The molecular formula is C19H24N4O3S. The van der Waals surface area contributed by atoms with Crippen molar-refractivity contribution in [1.82, 2.24) is 15.8 Å². The number of thiazole rings is 1. The number of hydrogen-bond donors (Lipinski definition) is 2. The Labute approximate surface area is 162 Å². The van der Waals surface area contributed by atoms with Gasteiger partial charge in [-0.05, 0) is 12.0 Å². The summed E-state index contributed by atoms with van der Waals surface area (Å²) in [5.41, 5.74) is 6.27. The molecule has 3 rings (SSSR count). The maximum absolute atomic E-state index is 12.6. The number of hydrazine groups is 1. The normalized spacial score (nSPS) is 15.2. The molecule has 2 heterocycles. The van der Waals surface area contributed by atoms with Crippen molar-refractivity contribution in [2.45, 2.75) is 25.7 Å². The highest BCUT2D eigenvalue weighted by Gasteiger charge is 2.21. The second-order valence-electron chi connectivity index (χ2n) is 6.31. The standard InChI is InChI=1S/C19H24N4O3S/c1-2-6-15(14-7-4-3-5-8-14)17(24)21-22-18(25)16-13-27-19(20-16)23-9-11-26-12-10-23/h3-5,7-8,13,15H,2,6,9-12H2,1H3,(H,21,24)(H,22,25)/t15-/m1/s1. The van der Waals surface area contributed by atoms with Gasteiger partial charge in [-0.3, -0.25) is 20.4 Å². The third-order valence-electron chi connectivity index (χ3n) is 4.40. The number of rotatable bonds is 6. The van der Waals surface area contributed by atoms with Gasteiger partial charge in [0.05, 0.1) is 19.1 Å². The van der Waals surface area contributed by atoms with Crippen molar-refractivity contribution < 1.29 is 14.3 Å². The van der Waals surface area contributed by atoms with Gasteiger partial charge in [-0.2, -0.15) is 0 Å². The van der Waals surface area contributed by atoms with Gasteiger partial charge in [0.2, 0.25) is 5.91 Å². The lowest BCUT2D eigenvalue weighted by Crippen LogP contribution is -2.44. The van der Waals surface area contributed by atoms with Crippen LogP contribution in [-0.4, -0.2) is 43.1 Å². The largest absolute Gasteiger partial charge is 0.378 e. The molecule has 144 valence electrons. The highest BCUT2D eigenvalue weighted by atomic mass is 32.1. The number of nitrogens with zero attached hydrogens (tertiary/aromatic N) is 2. The number of anilines is 1. The summed E-state index contributed by atoms with van der Waals surface area (Å²) in [7, 11) is 0. The molecule has 0 bridgehead atoms. The summed E-state index contributed by atoms with van der Waals surface area (Å²) in [5, 5.41) is 2.50. The van der Waals surface area contributed by atoms with Crippen LogP contribution in [0.25, 0.3) is 0 Å². The summed E-state index contributed by atoms with van der Waals surface area (Å²) in [4.78, 5) is 31.4. The van der Waals surface area contributed by atoms with E-state index in [1.165, 1.54) is 11.3 Å². The molecule has 1 aromatic carbocycles. The zero-order valence-corrected chi connectivity index (χ0v) is 16.1. The van der Waals surface area contributed by atoms with Gasteiger partial charge in [0.1, 0.15) is 5.69 Å². The molecule has 8 heteroatoms. The maximum Gasteiger partial charge on any atom is 0.289 e. The minimum absolute atomic E-state index is 0.222. The zero-order chi connectivity index (χ0) is 19.1. The van der Waals surface area contributed by atoms with Crippen molar-refractivity contribution in [3.63, 3.8) is 0 Å². The Hall–Kier alpha value is -2.45. The van der Waals surface area contributed by atoms with E-state index in [2.05, 4.69) is 20.7 Å². The summed E-state index contributed by atoms with van der Waals surface area (Å²) in [5.74, 6) is -0.932. The summed E-state index contributed by atoms with van der Waals surface area (Å²) in [6, 6.07) is 9.59. The van der Waals surface area contributed by atoms with Crippen molar-refractivity contribution in [1.29, 1.82) is 0 Å². The van der Waals surface area contributed by atoms with E-state index in [4.69, 9.17) is 4.74 Å². The molecule has 0 unspecified atom stereocenters. The van der Waals surface area contributed by atoms with Crippen LogP contribution in [0.3, 0.4) is 0 Å². The maximum atomic E-state index is 12.6. The molecule has 2 N–H and O–H groups in total. The van der Waals surface area contributed by atoms with Gasteiger partial charge in [-0.25, -0.2) is 4.98 Å². The molecule has 2 amide bonds. The molecule has 0 radical (unpaired) electrons.